The molecular formula is C28H35N7O2. The number of carbonyl (C=O) groups excluding carboxylic acids is 2. The minimum atomic E-state index is -0.573. The van der Waals surface area contributed by atoms with E-state index in [1.165, 1.54) is 0 Å². The van der Waals surface area contributed by atoms with Gasteiger partial charge in [-0.1, -0.05) is 25.1 Å². The van der Waals surface area contributed by atoms with Crippen LogP contribution >= 0.6 is 0 Å². The highest BCUT2D eigenvalue weighted by molar-refractivity contribution is 5.97. The topological polar surface area (TPSA) is 96.2 Å². The Morgan fingerprint density at radius 2 is 1.81 bits per heavy atom. The molecule has 4 heterocycles. The van der Waals surface area contributed by atoms with Crippen molar-refractivity contribution < 1.29 is 9.59 Å². The summed E-state index contributed by atoms with van der Waals surface area (Å²) in [5.41, 5.74) is 4.78. The van der Waals surface area contributed by atoms with Gasteiger partial charge >= 0.3 is 0 Å². The summed E-state index contributed by atoms with van der Waals surface area (Å²) in [6.07, 6.45) is 3.84. The lowest BCUT2D eigenvalue weighted by Gasteiger charge is -2.47. The van der Waals surface area contributed by atoms with E-state index in [0.717, 1.165) is 53.8 Å². The van der Waals surface area contributed by atoms with Crippen molar-refractivity contribution >= 4 is 17.6 Å². The van der Waals surface area contributed by atoms with Gasteiger partial charge in [0.15, 0.2) is 5.78 Å². The quantitative estimate of drug-likeness (QED) is 0.519. The van der Waals surface area contributed by atoms with E-state index in [0.29, 0.717) is 37.9 Å². The Morgan fingerprint density at radius 1 is 1.08 bits per heavy atom. The zero-order valence-electron chi connectivity index (χ0n) is 22.1. The summed E-state index contributed by atoms with van der Waals surface area (Å²) in [6, 6.07) is 9.66. The highest BCUT2D eigenvalue weighted by Gasteiger charge is 2.46. The van der Waals surface area contributed by atoms with Gasteiger partial charge in [0.1, 0.15) is 5.54 Å². The summed E-state index contributed by atoms with van der Waals surface area (Å²) < 4.78 is 1.78. The molecule has 2 aliphatic heterocycles. The Morgan fingerprint density at radius 3 is 2.51 bits per heavy atom. The first-order chi connectivity index (χ1) is 17.8. The van der Waals surface area contributed by atoms with E-state index in [-0.39, 0.29) is 11.7 Å². The smallest absolute Gasteiger partial charge is 0.243 e. The van der Waals surface area contributed by atoms with Crippen LogP contribution in [-0.4, -0.2) is 68.1 Å². The maximum atomic E-state index is 13.8. The third-order valence-electron chi connectivity index (χ3n) is 7.47. The van der Waals surface area contributed by atoms with Crippen molar-refractivity contribution in [2.24, 2.45) is 7.05 Å². The molecule has 1 aromatic carbocycles. The second-order valence-corrected chi connectivity index (χ2v) is 10.2. The van der Waals surface area contributed by atoms with Gasteiger partial charge in [0.2, 0.25) is 11.9 Å². The van der Waals surface area contributed by atoms with Gasteiger partial charge in [-0.3, -0.25) is 14.3 Å². The van der Waals surface area contributed by atoms with E-state index in [4.69, 9.17) is 5.10 Å². The van der Waals surface area contributed by atoms with Gasteiger partial charge < -0.3 is 15.1 Å². The number of anilines is 1. The zero-order valence-corrected chi connectivity index (χ0v) is 22.1. The van der Waals surface area contributed by atoms with Crippen LogP contribution in [0.2, 0.25) is 0 Å². The van der Waals surface area contributed by atoms with Crippen molar-refractivity contribution in [2.75, 3.05) is 31.1 Å². The number of Topliss-reactive ketones (excluding diaryl/α,β-unsaturated/α-hetero) is 1. The van der Waals surface area contributed by atoms with E-state index in [2.05, 4.69) is 20.2 Å². The minimum Gasteiger partial charge on any atom is -0.341 e. The summed E-state index contributed by atoms with van der Waals surface area (Å²) in [7, 11) is 1.89. The predicted molar refractivity (Wildman–Crippen MR) is 142 cm³/mol. The number of nitrogens with zero attached hydrogens (tertiary/aromatic N) is 6. The first-order valence-electron chi connectivity index (χ1n) is 13.1. The fraction of sp³-hybridized carbons (Fsp3) is 0.464. The molecule has 0 radical (unpaired) electrons. The highest BCUT2D eigenvalue weighted by Crippen LogP contribution is 2.31. The first-order valence-corrected chi connectivity index (χ1v) is 13.1. The van der Waals surface area contributed by atoms with Crippen LogP contribution in [0.4, 0.5) is 5.95 Å². The monoisotopic (exact) mass is 501 g/mol. The number of aryl methyl sites for hydroxylation is 3. The number of hydrogen-bond acceptors (Lipinski definition) is 7. The Hall–Kier alpha value is -3.59. The van der Waals surface area contributed by atoms with Gasteiger partial charge in [-0.25, -0.2) is 9.97 Å². The van der Waals surface area contributed by atoms with Crippen LogP contribution in [0.1, 0.15) is 53.6 Å². The molecule has 3 aromatic rings. The molecule has 0 bridgehead atoms. The molecule has 0 atom stereocenters. The highest BCUT2D eigenvalue weighted by atomic mass is 16.2. The summed E-state index contributed by atoms with van der Waals surface area (Å²) >= 11 is 0. The van der Waals surface area contributed by atoms with Crippen LogP contribution in [0.25, 0.3) is 11.1 Å². The van der Waals surface area contributed by atoms with Crippen LogP contribution < -0.4 is 10.2 Å². The molecule has 9 heteroatoms. The van der Waals surface area contributed by atoms with Crippen molar-refractivity contribution in [1.82, 2.24) is 30.0 Å². The average Bonchev–Trinajstić information content (AvgIpc) is 3.26. The normalized spacial score (nSPS) is 17.5. The van der Waals surface area contributed by atoms with Gasteiger partial charge in [0, 0.05) is 68.4 Å². The van der Waals surface area contributed by atoms with Crippen molar-refractivity contribution in [3.8, 4) is 11.1 Å². The fourth-order valence-electron chi connectivity index (χ4n) is 5.53. The number of benzene rings is 1. The maximum absolute atomic E-state index is 13.8. The largest absolute Gasteiger partial charge is 0.341 e. The van der Waals surface area contributed by atoms with Crippen LogP contribution in [0.5, 0.6) is 0 Å². The van der Waals surface area contributed by atoms with E-state index in [1.54, 1.807) is 4.68 Å². The molecule has 0 aliphatic carbocycles. The van der Waals surface area contributed by atoms with E-state index in [9.17, 15) is 9.59 Å². The maximum Gasteiger partial charge on any atom is 0.243 e. The number of piperazine rings is 1. The molecule has 2 aromatic heterocycles. The van der Waals surface area contributed by atoms with Crippen LogP contribution in [0.15, 0.2) is 36.5 Å². The van der Waals surface area contributed by atoms with Gasteiger partial charge in [-0.2, -0.15) is 5.10 Å². The summed E-state index contributed by atoms with van der Waals surface area (Å²) in [4.78, 5) is 39.4. The second kappa shape index (κ2) is 10.0. The third kappa shape index (κ3) is 5.00. The number of carbonyl (C=O) groups is 2. The molecule has 1 N–H and O–H groups in total. The van der Waals surface area contributed by atoms with Crippen LogP contribution in [0, 0.1) is 13.8 Å². The van der Waals surface area contributed by atoms with Crippen molar-refractivity contribution in [2.45, 2.75) is 52.1 Å². The molecule has 0 saturated carbocycles. The molecule has 0 unspecified atom stereocenters. The Labute approximate surface area is 217 Å². The zero-order chi connectivity index (χ0) is 26.2. The minimum absolute atomic E-state index is 0.115. The number of rotatable bonds is 6. The molecule has 9 nitrogen and oxygen atoms in total. The van der Waals surface area contributed by atoms with Crippen molar-refractivity contribution in [3.05, 3.63) is 59.2 Å². The molecule has 2 aliphatic rings. The van der Waals surface area contributed by atoms with E-state index < -0.39 is 5.54 Å². The van der Waals surface area contributed by atoms with Crippen molar-refractivity contribution in [3.63, 3.8) is 0 Å². The molecule has 1 amide bonds. The predicted octanol–water partition coefficient (Wildman–Crippen LogP) is 3.06. The summed E-state index contributed by atoms with van der Waals surface area (Å²) in [5, 5.41) is 8.26. The van der Waals surface area contributed by atoms with Gasteiger partial charge in [-0.15, -0.1) is 0 Å². The average molecular weight is 502 g/mol. The lowest BCUT2D eigenvalue weighted by Crippen LogP contribution is -2.67. The standard InChI is InChI=1S/C28H35N7O2/c1-5-25(36)22-8-6-7-21(16-22)23-17-33(4)32-24(23)18-35-14-11-29-28(26(35)37)9-12-34(13-10-28)27-30-19(2)15-20(3)31-27/h6-8,15-17,29H,5,9-14,18H2,1-4H3. The number of aromatic nitrogens is 4. The lowest BCUT2D eigenvalue weighted by atomic mass is 9.84. The van der Waals surface area contributed by atoms with Crippen LogP contribution in [-0.2, 0) is 18.4 Å². The van der Waals surface area contributed by atoms with Gasteiger partial charge in [0.05, 0.1) is 12.2 Å². The first kappa shape index (κ1) is 25.1. The number of nitrogens with one attached hydrogen (secondary N) is 1. The molecule has 37 heavy (non-hydrogen) atoms. The number of ketones is 1. The summed E-state index contributed by atoms with van der Waals surface area (Å²) in [5.74, 6) is 0.990. The van der Waals surface area contributed by atoms with E-state index in [1.807, 2.05) is 69.2 Å². The SMILES string of the molecule is CCC(=O)c1cccc(-c2cn(C)nc2CN2CCNC3(CCN(c4nc(C)cc(C)n4)CC3)C2=O)c1. The molecule has 5 rings (SSSR count). The molecule has 1 spiro atoms. The Bertz CT molecular complexity index is 1300. The molecule has 2 fully saturated rings. The fourth-order valence-corrected chi connectivity index (χ4v) is 5.53. The third-order valence-corrected chi connectivity index (χ3v) is 7.47. The molecule has 194 valence electrons. The lowest BCUT2D eigenvalue weighted by molar-refractivity contribution is -0.143. The Balaban J connectivity index is 1.33. The molecular weight excluding hydrogens is 466 g/mol. The Kier molecular flexibility index (Phi) is 6.81. The van der Waals surface area contributed by atoms with Crippen LogP contribution in [0.3, 0.4) is 0 Å². The van der Waals surface area contributed by atoms with Gasteiger partial charge in [-0.05, 0) is 44.4 Å². The van der Waals surface area contributed by atoms with Gasteiger partial charge in [0.25, 0.3) is 0 Å². The second-order valence-electron chi connectivity index (χ2n) is 10.2. The summed E-state index contributed by atoms with van der Waals surface area (Å²) in [6.45, 7) is 9.10. The number of hydrogen-bond donors (Lipinski definition) is 1. The van der Waals surface area contributed by atoms with E-state index >= 15 is 0 Å². The van der Waals surface area contributed by atoms with Crippen molar-refractivity contribution in [1.29, 1.82) is 0 Å². The number of amides is 1. The molecule has 2 saturated heterocycles. The number of piperidine rings is 1.